The SMILES string of the molecule is O=C(CN1CCN(S(=O)(=O)c2cc(F)ccc2F)CC1)Nc1cccnc1Cl. The van der Waals surface area contributed by atoms with Crippen LogP contribution in [0.4, 0.5) is 14.5 Å². The molecule has 0 bridgehead atoms. The number of rotatable bonds is 5. The highest BCUT2D eigenvalue weighted by Gasteiger charge is 2.31. The molecule has 1 aromatic carbocycles. The number of carbonyl (C=O) groups excluding carboxylic acids is 1. The molecular weight excluding hydrogens is 414 g/mol. The average molecular weight is 431 g/mol. The zero-order valence-corrected chi connectivity index (χ0v) is 16.2. The van der Waals surface area contributed by atoms with Crippen molar-refractivity contribution < 1.29 is 22.0 Å². The molecule has 150 valence electrons. The second-order valence-electron chi connectivity index (χ2n) is 6.14. The number of aromatic nitrogens is 1. The van der Waals surface area contributed by atoms with E-state index >= 15 is 0 Å². The number of amides is 1. The maximum absolute atomic E-state index is 13.9. The van der Waals surface area contributed by atoms with Gasteiger partial charge in [0.25, 0.3) is 0 Å². The second kappa shape index (κ2) is 8.48. The van der Waals surface area contributed by atoms with Gasteiger partial charge in [-0.05, 0) is 30.3 Å². The van der Waals surface area contributed by atoms with Crippen molar-refractivity contribution in [1.82, 2.24) is 14.2 Å². The molecule has 0 spiro atoms. The van der Waals surface area contributed by atoms with Crippen molar-refractivity contribution in [3.63, 3.8) is 0 Å². The molecule has 11 heteroatoms. The van der Waals surface area contributed by atoms with Gasteiger partial charge in [0.15, 0.2) is 5.15 Å². The molecule has 0 radical (unpaired) electrons. The summed E-state index contributed by atoms with van der Waals surface area (Å²) in [6.45, 7) is 0.681. The second-order valence-corrected chi connectivity index (χ2v) is 8.41. The number of piperazine rings is 1. The zero-order chi connectivity index (χ0) is 20.3. The summed E-state index contributed by atoms with van der Waals surface area (Å²) >= 11 is 5.89. The molecule has 1 saturated heterocycles. The van der Waals surface area contributed by atoms with Crippen LogP contribution in [0.3, 0.4) is 0 Å². The molecule has 7 nitrogen and oxygen atoms in total. The quantitative estimate of drug-likeness (QED) is 0.733. The van der Waals surface area contributed by atoms with Gasteiger partial charge in [0, 0.05) is 32.4 Å². The van der Waals surface area contributed by atoms with Crippen LogP contribution in [0.2, 0.25) is 5.15 Å². The fraction of sp³-hybridized carbons (Fsp3) is 0.294. The Labute approximate surface area is 166 Å². The van der Waals surface area contributed by atoms with Gasteiger partial charge in [0.2, 0.25) is 15.9 Å². The number of pyridine rings is 1. The number of anilines is 1. The number of sulfonamides is 1. The number of carbonyl (C=O) groups is 1. The third-order valence-electron chi connectivity index (χ3n) is 4.24. The molecule has 1 aromatic heterocycles. The maximum Gasteiger partial charge on any atom is 0.246 e. The Bertz CT molecular complexity index is 982. The molecule has 0 saturated carbocycles. The summed E-state index contributed by atoms with van der Waals surface area (Å²) in [5.41, 5.74) is 0.386. The molecule has 0 aliphatic carbocycles. The summed E-state index contributed by atoms with van der Waals surface area (Å²) in [5.74, 6) is -2.15. The predicted molar refractivity (Wildman–Crippen MR) is 99.4 cm³/mol. The summed E-state index contributed by atoms with van der Waals surface area (Å²) in [6.07, 6.45) is 1.50. The molecule has 1 aliphatic rings. The van der Waals surface area contributed by atoms with Crippen molar-refractivity contribution >= 4 is 33.2 Å². The Kier molecular flexibility index (Phi) is 6.23. The molecule has 1 N–H and O–H groups in total. The first-order chi connectivity index (χ1) is 13.3. The van der Waals surface area contributed by atoms with Gasteiger partial charge >= 0.3 is 0 Å². The number of benzene rings is 1. The normalized spacial score (nSPS) is 16.1. The van der Waals surface area contributed by atoms with Gasteiger partial charge < -0.3 is 5.32 Å². The minimum absolute atomic E-state index is 0.0352. The van der Waals surface area contributed by atoms with E-state index in [9.17, 15) is 22.0 Å². The van der Waals surface area contributed by atoms with Crippen molar-refractivity contribution in [3.05, 3.63) is 53.3 Å². The van der Waals surface area contributed by atoms with E-state index in [-0.39, 0.29) is 43.8 Å². The summed E-state index contributed by atoms with van der Waals surface area (Å²) in [4.78, 5) is 17.1. The van der Waals surface area contributed by atoms with Crippen LogP contribution in [-0.4, -0.2) is 61.2 Å². The van der Waals surface area contributed by atoms with Gasteiger partial charge in [0.05, 0.1) is 12.2 Å². The Hall–Kier alpha value is -2.14. The maximum atomic E-state index is 13.9. The lowest BCUT2D eigenvalue weighted by molar-refractivity contribution is -0.117. The van der Waals surface area contributed by atoms with Gasteiger partial charge in [-0.2, -0.15) is 4.31 Å². The summed E-state index contributed by atoms with van der Waals surface area (Å²) < 4.78 is 53.4. The number of hydrogen-bond acceptors (Lipinski definition) is 5. The molecule has 1 amide bonds. The van der Waals surface area contributed by atoms with Crippen LogP contribution in [0.25, 0.3) is 0 Å². The Balaban J connectivity index is 1.59. The van der Waals surface area contributed by atoms with E-state index in [1.165, 1.54) is 6.20 Å². The highest BCUT2D eigenvalue weighted by Crippen LogP contribution is 2.22. The average Bonchev–Trinajstić information content (AvgIpc) is 2.66. The van der Waals surface area contributed by atoms with Crippen molar-refractivity contribution in [1.29, 1.82) is 0 Å². The fourth-order valence-electron chi connectivity index (χ4n) is 2.81. The third kappa shape index (κ3) is 4.64. The van der Waals surface area contributed by atoms with Crippen molar-refractivity contribution in [2.75, 3.05) is 38.0 Å². The highest BCUT2D eigenvalue weighted by molar-refractivity contribution is 7.89. The first kappa shape index (κ1) is 20.6. The third-order valence-corrected chi connectivity index (χ3v) is 6.46. The van der Waals surface area contributed by atoms with Crippen LogP contribution < -0.4 is 5.32 Å². The molecule has 3 rings (SSSR count). The minimum Gasteiger partial charge on any atom is -0.322 e. The monoisotopic (exact) mass is 430 g/mol. The molecule has 0 atom stereocenters. The number of halogens is 3. The van der Waals surface area contributed by atoms with E-state index in [0.29, 0.717) is 11.8 Å². The van der Waals surface area contributed by atoms with Gasteiger partial charge in [-0.15, -0.1) is 0 Å². The lowest BCUT2D eigenvalue weighted by atomic mass is 10.3. The largest absolute Gasteiger partial charge is 0.322 e. The topological polar surface area (TPSA) is 82.6 Å². The van der Waals surface area contributed by atoms with Crippen molar-refractivity contribution in [2.45, 2.75) is 4.90 Å². The lowest BCUT2D eigenvalue weighted by Gasteiger charge is -2.33. The van der Waals surface area contributed by atoms with Gasteiger partial charge in [-0.3, -0.25) is 9.69 Å². The molecular formula is C17H17ClF2N4O3S. The Morgan fingerprint density at radius 2 is 1.89 bits per heavy atom. The van der Waals surface area contributed by atoms with E-state index in [4.69, 9.17) is 11.6 Å². The fourth-order valence-corrected chi connectivity index (χ4v) is 4.48. The molecule has 2 aromatic rings. The summed E-state index contributed by atoms with van der Waals surface area (Å²) in [6, 6.07) is 5.57. The van der Waals surface area contributed by atoms with Crippen LogP contribution in [0.15, 0.2) is 41.4 Å². The predicted octanol–water partition coefficient (Wildman–Crippen LogP) is 1.96. The number of nitrogens with zero attached hydrogens (tertiary/aromatic N) is 3. The number of hydrogen-bond donors (Lipinski definition) is 1. The van der Waals surface area contributed by atoms with Gasteiger partial charge in [-0.25, -0.2) is 22.2 Å². The molecule has 1 fully saturated rings. The van der Waals surface area contributed by atoms with Crippen LogP contribution in [0, 0.1) is 11.6 Å². The molecule has 1 aliphatic heterocycles. The number of nitrogens with one attached hydrogen (secondary N) is 1. The molecule has 28 heavy (non-hydrogen) atoms. The summed E-state index contributed by atoms with van der Waals surface area (Å²) in [7, 11) is -4.16. The lowest BCUT2D eigenvalue weighted by Crippen LogP contribution is -2.50. The van der Waals surface area contributed by atoms with Crippen LogP contribution in [-0.2, 0) is 14.8 Å². The van der Waals surface area contributed by atoms with Crippen molar-refractivity contribution in [2.24, 2.45) is 0 Å². The van der Waals surface area contributed by atoms with E-state index in [0.717, 1.165) is 16.4 Å². The van der Waals surface area contributed by atoms with E-state index < -0.39 is 26.6 Å². The molecule has 0 unspecified atom stereocenters. The Morgan fingerprint density at radius 3 is 2.57 bits per heavy atom. The highest BCUT2D eigenvalue weighted by atomic mass is 35.5. The van der Waals surface area contributed by atoms with E-state index in [1.807, 2.05) is 0 Å². The van der Waals surface area contributed by atoms with Crippen LogP contribution in [0.1, 0.15) is 0 Å². The first-order valence-corrected chi connectivity index (χ1v) is 10.2. The Morgan fingerprint density at radius 1 is 1.18 bits per heavy atom. The van der Waals surface area contributed by atoms with Crippen molar-refractivity contribution in [3.8, 4) is 0 Å². The van der Waals surface area contributed by atoms with E-state index in [1.54, 1.807) is 17.0 Å². The zero-order valence-electron chi connectivity index (χ0n) is 14.6. The van der Waals surface area contributed by atoms with Gasteiger partial charge in [0.1, 0.15) is 16.5 Å². The minimum atomic E-state index is -4.16. The van der Waals surface area contributed by atoms with Crippen LogP contribution >= 0.6 is 11.6 Å². The van der Waals surface area contributed by atoms with Gasteiger partial charge in [-0.1, -0.05) is 11.6 Å². The van der Waals surface area contributed by atoms with Crippen LogP contribution in [0.5, 0.6) is 0 Å². The smallest absolute Gasteiger partial charge is 0.246 e. The first-order valence-electron chi connectivity index (χ1n) is 8.35. The summed E-state index contributed by atoms with van der Waals surface area (Å²) in [5, 5.41) is 2.81. The molecule has 2 heterocycles. The standard InChI is InChI=1S/C17H17ClF2N4O3S/c18-17-14(2-1-5-21-17)22-16(25)11-23-6-8-24(9-7-23)28(26,27)15-10-12(19)3-4-13(15)20/h1-5,10H,6-9,11H2,(H,22,25). The van der Waals surface area contributed by atoms with E-state index in [2.05, 4.69) is 10.3 Å².